The molecule has 0 bridgehead atoms. The summed E-state index contributed by atoms with van der Waals surface area (Å²) < 4.78 is 4.61. The molecule has 3 nitrogen and oxygen atoms in total. The molecule has 0 spiro atoms. The Morgan fingerprint density at radius 3 is 2.81 bits per heavy atom. The second-order valence-corrected chi connectivity index (χ2v) is 4.72. The number of hydrogen-bond acceptors (Lipinski definition) is 4. The summed E-state index contributed by atoms with van der Waals surface area (Å²) in [6.07, 6.45) is 2.06. The summed E-state index contributed by atoms with van der Waals surface area (Å²) in [5.41, 5.74) is 0. The molecule has 0 atom stereocenters. The molecule has 16 heavy (non-hydrogen) atoms. The highest BCUT2D eigenvalue weighted by Crippen LogP contribution is 2.19. The SMILES string of the molecule is COC(=O)c1ccc(CCCC(=O)CCl)s1. The van der Waals surface area contributed by atoms with Crippen LogP contribution < -0.4 is 0 Å². The van der Waals surface area contributed by atoms with Crippen LogP contribution in [0.25, 0.3) is 0 Å². The molecule has 0 saturated carbocycles. The summed E-state index contributed by atoms with van der Waals surface area (Å²) in [5.74, 6) is -0.169. The van der Waals surface area contributed by atoms with Gasteiger partial charge in [-0.3, -0.25) is 4.79 Å². The van der Waals surface area contributed by atoms with Gasteiger partial charge < -0.3 is 4.74 Å². The zero-order chi connectivity index (χ0) is 12.0. The predicted molar refractivity (Wildman–Crippen MR) is 64.3 cm³/mol. The van der Waals surface area contributed by atoms with E-state index in [1.165, 1.54) is 18.4 Å². The molecule has 5 heteroatoms. The van der Waals surface area contributed by atoms with Crippen molar-refractivity contribution in [3.63, 3.8) is 0 Å². The summed E-state index contributed by atoms with van der Waals surface area (Å²) in [4.78, 5) is 23.8. The van der Waals surface area contributed by atoms with Gasteiger partial charge >= 0.3 is 5.97 Å². The zero-order valence-electron chi connectivity index (χ0n) is 8.99. The van der Waals surface area contributed by atoms with Crippen molar-refractivity contribution in [2.24, 2.45) is 0 Å². The summed E-state index contributed by atoms with van der Waals surface area (Å²) in [6, 6.07) is 3.64. The van der Waals surface area contributed by atoms with E-state index in [4.69, 9.17) is 11.6 Å². The first-order valence-corrected chi connectivity index (χ1v) is 6.27. The third kappa shape index (κ3) is 3.94. The molecule has 1 heterocycles. The van der Waals surface area contributed by atoms with Crippen LogP contribution in [0, 0.1) is 0 Å². The largest absolute Gasteiger partial charge is 0.465 e. The summed E-state index contributed by atoms with van der Waals surface area (Å²) >= 11 is 6.80. The molecule has 0 aliphatic heterocycles. The van der Waals surface area contributed by atoms with Gasteiger partial charge in [-0.1, -0.05) is 0 Å². The number of esters is 1. The number of aryl methyl sites for hydroxylation is 1. The van der Waals surface area contributed by atoms with Crippen molar-refractivity contribution in [2.45, 2.75) is 19.3 Å². The molecule has 0 aromatic carbocycles. The quantitative estimate of drug-likeness (QED) is 0.583. The van der Waals surface area contributed by atoms with E-state index < -0.39 is 0 Å². The van der Waals surface area contributed by atoms with Gasteiger partial charge in [0, 0.05) is 11.3 Å². The van der Waals surface area contributed by atoms with E-state index in [9.17, 15) is 9.59 Å². The Balaban J connectivity index is 2.41. The van der Waals surface area contributed by atoms with Crippen molar-refractivity contribution in [3.05, 3.63) is 21.9 Å². The van der Waals surface area contributed by atoms with Gasteiger partial charge in [0.15, 0.2) is 0 Å². The number of alkyl halides is 1. The highest BCUT2D eigenvalue weighted by Gasteiger charge is 2.09. The fourth-order valence-corrected chi connectivity index (χ4v) is 2.35. The maximum Gasteiger partial charge on any atom is 0.348 e. The minimum atomic E-state index is -0.312. The molecule has 0 amide bonds. The maximum atomic E-state index is 11.2. The first-order valence-electron chi connectivity index (χ1n) is 4.92. The van der Waals surface area contributed by atoms with Crippen LogP contribution in [0.4, 0.5) is 0 Å². The van der Waals surface area contributed by atoms with E-state index in [1.807, 2.05) is 6.07 Å². The lowest BCUT2D eigenvalue weighted by Crippen LogP contribution is -1.99. The van der Waals surface area contributed by atoms with E-state index >= 15 is 0 Å². The number of halogens is 1. The number of Topliss-reactive ketones (excluding diaryl/α,β-unsaturated/α-hetero) is 1. The molecule has 1 aromatic heterocycles. The van der Waals surface area contributed by atoms with Crippen molar-refractivity contribution in [1.29, 1.82) is 0 Å². The van der Waals surface area contributed by atoms with Crippen LogP contribution >= 0.6 is 22.9 Å². The number of carbonyl (C=O) groups excluding carboxylic acids is 2. The number of methoxy groups -OCH3 is 1. The van der Waals surface area contributed by atoms with Gasteiger partial charge in [0.1, 0.15) is 10.7 Å². The van der Waals surface area contributed by atoms with Gasteiger partial charge in [0.05, 0.1) is 13.0 Å². The second-order valence-electron chi connectivity index (χ2n) is 3.28. The van der Waals surface area contributed by atoms with Crippen LogP contribution in [0.5, 0.6) is 0 Å². The van der Waals surface area contributed by atoms with E-state index in [1.54, 1.807) is 6.07 Å². The van der Waals surface area contributed by atoms with Crippen molar-refractivity contribution in [1.82, 2.24) is 0 Å². The number of ketones is 1. The van der Waals surface area contributed by atoms with Gasteiger partial charge in [0.25, 0.3) is 0 Å². The van der Waals surface area contributed by atoms with Crippen molar-refractivity contribution >= 4 is 34.7 Å². The number of thiophene rings is 1. The number of hydrogen-bond donors (Lipinski definition) is 0. The van der Waals surface area contributed by atoms with Crippen LogP contribution in [-0.2, 0) is 16.0 Å². The lowest BCUT2D eigenvalue weighted by molar-refractivity contribution is -0.116. The van der Waals surface area contributed by atoms with Crippen molar-refractivity contribution in [3.8, 4) is 0 Å². The molecule has 1 rings (SSSR count). The van der Waals surface area contributed by atoms with Gasteiger partial charge in [0.2, 0.25) is 0 Å². The van der Waals surface area contributed by atoms with Crippen LogP contribution in [-0.4, -0.2) is 24.7 Å². The van der Waals surface area contributed by atoms with E-state index in [2.05, 4.69) is 4.74 Å². The Labute approximate surface area is 103 Å². The van der Waals surface area contributed by atoms with Gasteiger partial charge in [-0.25, -0.2) is 4.79 Å². The van der Waals surface area contributed by atoms with Crippen LogP contribution in [0.1, 0.15) is 27.4 Å². The molecule has 1 aromatic rings. The fraction of sp³-hybridized carbons (Fsp3) is 0.455. The Kier molecular flexibility index (Phi) is 5.49. The monoisotopic (exact) mass is 260 g/mol. The first-order chi connectivity index (χ1) is 7.67. The molecule has 0 N–H and O–H groups in total. The van der Waals surface area contributed by atoms with Gasteiger partial charge in [-0.15, -0.1) is 22.9 Å². The Hall–Kier alpha value is -0.870. The van der Waals surface area contributed by atoms with Gasteiger partial charge in [-0.05, 0) is 25.0 Å². The maximum absolute atomic E-state index is 11.2. The van der Waals surface area contributed by atoms with Crippen molar-refractivity contribution in [2.75, 3.05) is 13.0 Å². The highest BCUT2D eigenvalue weighted by atomic mass is 35.5. The normalized spacial score (nSPS) is 10.1. The number of carbonyl (C=O) groups is 2. The molecule has 0 unspecified atom stereocenters. The third-order valence-corrected chi connectivity index (χ3v) is 3.50. The zero-order valence-corrected chi connectivity index (χ0v) is 10.6. The fourth-order valence-electron chi connectivity index (χ4n) is 1.25. The predicted octanol–water partition coefficient (Wildman–Crippen LogP) is 2.67. The molecule has 0 fully saturated rings. The summed E-state index contributed by atoms with van der Waals surface area (Å²) in [5, 5.41) is 0. The minimum absolute atomic E-state index is 0.0615. The lowest BCUT2D eigenvalue weighted by Gasteiger charge is -1.96. The van der Waals surface area contributed by atoms with E-state index in [0.29, 0.717) is 11.3 Å². The van der Waals surface area contributed by atoms with Crippen LogP contribution in [0.15, 0.2) is 12.1 Å². The molecular weight excluding hydrogens is 248 g/mol. The standard InChI is InChI=1S/C11H13ClO3S/c1-15-11(14)10-6-5-9(16-10)4-2-3-8(13)7-12/h5-6H,2-4,7H2,1H3. The van der Waals surface area contributed by atoms with Gasteiger partial charge in [-0.2, -0.15) is 0 Å². The van der Waals surface area contributed by atoms with E-state index in [-0.39, 0.29) is 17.6 Å². The molecular formula is C11H13ClO3S. The Morgan fingerprint density at radius 2 is 2.19 bits per heavy atom. The van der Waals surface area contributed by atoms with E-state index in [0.717, 1.165) is 17.7 Å². The average molecular weight is 261 g/mol. The third-order valence-electron chi connectivity index (χ3n) is 2.08. The number of ether oxygens (including phenoxy) is 1. The average Bonchev–Trinajstić information content (AvgIpc) is 2.76. The topological polar surface area (TPSA) is 43.4 Å². The molecule has 88 valence electrons. The summed E-state index contributed by atoms with van der Waals surface area (Å²) in [7, 11) is 1.36. The highest BCUT2D eigenvalue weighted by molar-refractivity contribution is 7.13. The second kappa shape index (κ2) is 6.66. The number of rotatable bonds is 6. The molecule has 0 aliphatic carbocycles. The van der Waals surface area contributed by atoms with Crippen LogP contribution in [0.2, 0.25) is 0 Å². The Bertz CT molecular complexity index is 373. The Morgan fingerprint density at radius 1 is 1.44 bits per heavy atom. The summed E-state index contributed by atoms with van der Waals surface area (Å²) in [6.45, 7) is 0. The smallest absolute Gasteiger partial charge is 0.348 e. The van der Waals surface area contributed by atoms with Crippen LogP contribution in [0.3, 0.4) is 0 Å². The molecule has 0 aliphatic rings. The first kappa shape index (κ1) is 13.2. The lowest BCUT2D eigenvalue weighted by atomic mass is 10.2. The molecule has 0 saturated heterocycles. The minimum Gasteiger partial charge on any atom is -0.465 e. The van der Waals surface area contributed by atoms with Crippen molar-refractivity contribution < 1.29 is 14.3 Å². The molecule has 0 radical (unpaired) electrons.